The Morgan fingerprint density at radius 1 is 1.47 bits per heavy atom. The van der Waals surface area contributed by atoms with Crippen molar-refractivity contribution in [3.05, 3.63) is 23.5 Å². The molecule has 0 spiro atoms. The molecule has 3 heterocycles. The second-order valence-corrected chi connectivity index (χ2v) is 4.60. The van der Waals surface area contributed by atoms with E-state index in [4.69, 9.17) is 4.52 Å². The van der Waals surface area contributed by atoms with E-state index in [1.165, 1.54) is 0 Å². The van der Waals surface area contributed by atoms with Gasteiger partial charge in [0.15, 0.2) is 0 Å². The van der Waals surface area contributed by atoms with Crippen molar-refractivity contribution < 1.29 is 9.32 Å². The molecule has 0 unspecified atom stereocenters. The van der Waals surface area contributed by atoms with E-state index in [9.17, 15) is 4.79 Å². The lowest BCUT2D eigenvalue weighted by Crippen LogP contribution is -2.46. The van der Waals surface area contributed by atoms with Crippen molar-refractivity contribution >= 4 is 17.0 Å². The Kier molecular flexibility index (Phi) is 3.16. The van der Waals surface area contributed by atoms with E-state index in [1.807, 2.05) is 17.9 Å². The summed E-state index contributed by atoms with van der Waals surface area (Å²) in [6, 6.07) is 1.84. The van der Waals surface area contributed by atoms with Crippen LogP contribution in [0.5, 0.6) is 0 Å². The summed E-state index contributed by atoms with van der Waals surface area (Å²) in [5, 5.41) is 8.02. The number of carbonyl (C=O) groups is 1. The molecule has 1 saturated heterocycles. The molecule has 100 valence electrons. The van der Waals surface area contributed by atoms with Crippen molar-refractivity contribution in [2.75, 3.05) is 26.2 Å². The Hall–Kier alpha value is -1.95. The summed E-state index contributed by atoms with van der Waals surface area (Å²) >= 11 is 0. The lowest BCUT2D eigenvalue weighted by atomic mass is 10.1. The number of hydrogen-bond donors (Lipinski definition) is 1. The maximum Gasteiger partial charge on any atom is 0.257 e. The Balaban J connectivity index is 1.93. The van der Waals surface area contributed by atoms with Crippen LogP contribution in [0.15, 0.2) is 16.8 Å². The molecular formula is C13H16N4O2. The monoisotopic (exact) mass is 260 g/mol. The standard InChI is InChI=1S/C13H16N4O2/c1-2-11-10-7-9(8-15-12(10)19-16-11)13(18)17-5-3-14-4-6-17/h7-8,14H,2-6H2,1H3. The van der Waals surface area contributed by atoms with E-state index in [2.05, 4.69) is 15.5 Å². The number of aromatic nitrogens is 2. The Labute approximate surface area is 110 Å². The van der Waals surface area contributed by atoms with Crippen molar-refractivity contribution in [1.82, 2.24) is 20.4 Å². The number of aryl methyl sites for hydroxylation is 1. The van der Waals surface area contributed by atoms with Crippen LogP contribution >= 0.6 is 0 Å². The van der Waals surface area contributed by atoms with Gasteiger partial charge in [-0.1, -0.05) is 12.1 Å². The highest BCUT2D eigenvalue weighted by Gasteiger charge is 2.19. The maximum atomic E-state index is 12.4. The van der Waals surface area contributed by atoms with Crippen molar-refractivity contribution in [3.8, 4) is 0 Å². The summed E-state index contributed by atoms with van der Waals surface area (Å²) in [4.78, 5) is 18.4. The number of nitrogens with one attached hydrogen (secondary N) is 1. The Morgan fingerprint density at radius 2 is 2.26 bits per heavy atom. The largest absolute Gasteiger partial charge is 0.336 e. The molecule has 1 fully saturated rings. The average Bonchev–Trinajstić information content (AvgIpc) is 2.89. The zero-order valence-electron chi connectivity index (χ0n) is 10.8. The molecule has 0 atom stereocenters. The molecule has 2 aromatic rings. The van der Waals surface area contributed by atoms with Gasteiger partial charge in [-0.2, -0.15) is 0 Å². The van der Waals surface area contributed by atoms with E-state index in [0.29, 0.717) is 11.3 Å². The van der Waals surface area contributed by atoms with Crippen LogP contribution in [0.4, 0.5) is 0 Å². The van der Waals surface area contributed by atoms with E-state index in [-0.39, 0.29) is 5.91 Å². The Bertz CT molecular complexity index is 602. The summed E-state index contributed by atoms with van der Waals surface area (Å²) in [7, 11) is 0. The summed E-state index contributed by atoms with van der Waals surface area (Å²) in [6.45, 7) is 5.16. The third kappa shape index (κ3) is 2.19. The van der Waals surface area contributed by atoms with Gasteiger partial charge in [0.25, 0.3) is 11.6 Å². The van der Waals surface area contributed by atoms with Gasteiger partial charge in [-0.25, -0.2) is 4.98 Å². The van der Waals surface area contributed by atoms with Gasteiger partial charge in [-0.3, -0.25) is 4.79 Å². The first kappa shape index (κ1) is 12.1. The zero-order valence-corrected chi connectivity index (χ0v) is 10.8. The van der Waals surface area contributed by atoms with Crippen molar-refractivity contribution in [1.29, 1.82) is 0 Å². The zero-order chi connectivity index (χ0) is 13.2. The number of piperazine rings is 1. The number of rotatable bonds is 2. The van der Waals surface area contributed by atoms with Gasteiger partial charge >= 0.3 is 0 Å². The smallest absolute Gasteiger partial charge is 0.257 e. The minimum absolute atomic E-state index is 0.0270. The molecule has 0 aliphatic carbocycles. The van der Waals surface area contributed by atoms with Crippen LogP contribution in [0, 0.1) is 0 Å². The summed E-state index contributed by atoms with van der Waals surface area (Å²) < 4.78 is 5.12. The average molecular weight is 260 g/mol. The van der Waals surface area contributed by atoms with E-state index >= 15 is 0 Å². The number of pyridine rings is 1. The molecule has 1 N–H and O–H groups in total. The first-order valence-corrected chi connectivity index (χ1v) is 6.54. The van der Waals surface area contributed by atoms with Gasteiger partial charge in [0.05, 0.1) is 16.6 Å². The van der Waals surface area contributed by atoms with E-state index in [0.717, 1.165) is 43.7 Å². The molecule has 2 aromatic heterocycles. The molecule has 1 amide bonds. The van der Waals surface area contributed by atoms with Gasteiger partial charge in [-0.15, -0.1) is 0 Å². The maximum absolute atomic E-state index is 12.4. The lowest BCUT2D eigenvalue weighted by Gasteiger charge is -2.27. The molecule has 19 heavy (non-hydrogen) atoms. The van der Waals surface area contributed by atoms with Crippen molar-refractivity contribution in [3.63, 3.8) is 0 Å². The lowest BCUT2D eigenvalue weighted by molar-refractivity contribution is 0.0735. The molecule has 0 radical (unpaired) electrons. The summed E-state index contributed by atoms with van der Waals surface area (Å²) in [5.41, 5.74) is 1.94. The molecule has 3 rings (SSSR count). The number of hydrogen-bond acceptors (Lipinski definition) is 5. The van der Waals surface area contributed by atoms with Gasteiger partial charge in [0, 0.05) is 32.4 Å². The SMILES string of the molecule is CCc1noc2ncc(C(=O)N3CCNCC3)cc12. The fourth-order valence-electron chi connectivity index (χ4n) is 2.30. The first-order valence-electron chi connectivity index (χ1n) is 6.54. The summed E-state index contributed by atoms with van der Waals surface area (Å²) in [6.07, 6.45) is 2.33. The number of carbonyl (C=O) groups excluding carboxylic acids is 1. The van der Waals surface area contributed by atoms with Crippen LogP contribution in [-0.2, 0) is 6.42 Å². The topological polar surface area (TPSA) is 71.3 Å². The molecule has 6 heteroatoms. The van der Waals surface area contributed by atoms with Crippen LogP contribution in [-0.4, -0.2) is 47.1 Å². The van der Waals surface area contributed by atoms with Gasteiger partial charge in [0.2, 0.25) is 0 Å². The van der Waals surface area contributed by atoms with Gasteiger partial charge in [0.1, 0.15) is 0 Å². The van der Waals surface area contributed by atoms with Crippen molar-refractivity contribution in [2.24, 2.45) is 0 Å². The normalized spacial score (nSPS) is 15.9. The molecule has 0 saturated carbocycles. The fraction of sp³-hybridized carbons (Fsp3) is 0.462. The highest BCUT2D eigenvalue weighted by Crippen LogP contribution is 2.19. The quantitative estimate of drug-likeness (QED) is 0.866. The van der Waals surface area contributed by atoms with Crippen molar-refractivity contribution in [2.45, 2.75) is 13.3 Å². The van der Waals surface area contributed by atoms with Crippen LogP contribution in [0.25, 0.3) is 11.1 Å². The fourth-order valence-corrected chi connectivity index (χ4v) is 2.30. The molecule has 0 bridgehead atoms. The second kappa shape index (κ2) is 4.97. The van der Waals surface area contributed by atoms with Crippen LogP contribution in [0.3, 0.4) is 0 Å². The van der Waals surface area contributed by atoms with E-state index in [1.54, 1.807) is 6.20 Å². The molecule has 0 aromatic carbocycles. The molecule has 1 aliphatic rings. The number of fused-ring (bicyclic) bond motifs is 1. The Morgan fingerprint density at radius 3 is 3.00 bits per heavy atom. The third-order valence-electron chi connectivity index (χ3n) is 3.39. The molecule has 1 aliphatic heterocycles. The van der Waals surface area contributed by atoms with Gasteiger partial charge in [-0.05, 0) is 12.5 Å². The van der Waals surface area contributed by atoms with Crippen LogP contribution < -0.4 is 5.32 Å². The van der Waals surface area contributed by atoms with Gasteiger partial charge < -0.3 is 14.7 Å². The predicted octanol–water partition coefficient (Wildman–Crippen LogP) is 0.831. The highest BCUT2D eigenvalue weighted by atomic mass is 16.5. The minimum Gasteiger partial charge on any atom is -0.336 e. The molecular weight excluding hydrogens is 244 g/mol. The van der Waals surface area contributed by atoms with E-state index < -0.39 is 0 Å². The predicted molar refractivity (Wildman–Crippen MR) is 70.0 cm³/mol. The second-order valence-electron chi connectivity index (χ2n) is 4.60. The van der Waals surface area contributed by atoms with Crippen LogP contribution in [0.2, 0.25) is 0 Å². The van der Waals surface area contributed by atoms with Crippen LogP contribution in [0.1, 0.15) is 23.0 Å². The first-order chi connectivity index (χ1) is 9.29. The minimum atomic E-state index is 0.0270. The molecule has 6 nitrogen and oxygen atoms in total. The third-order valence-corrected chi connectivity index (χ3v) is 3.39. The highest BCUT2D eigenvalue weighted by molar-refractivity contribution is 5.97. The summed E-state index contributed by atoms with van der Waals surface area (Å²) in [5.74, 6) is 0.0270. The number of amides is 1. The number of nitrogens with zero attached hydrogens (tertiary/aromatic N) is 3.